The van der Waals surface area contributed by atoms with Crippen molar-refractivity contribution >= 4 is 61.2 Å². The Bertz CT molecular complexity index is 1470. The normalized spacial score (nSPS) is 12.6. The molecule has 2 atom stereocenters. The van der Waals surface area contributed by atoms with E-state index in [9.17, 15) is 23.5 Å². The first-order valence-electron chi connectivity index (χ1n) is 12.5. The van der Waals surface area contributed by atoms with Gasteiger partial charge < -0.3 is 10.0 Å². The Hall–Kier alpha value is -3.53. The molecule has 0 saturated carbocycles. The predicted octanol–water partition coefficient (Wildman–Crippen LogP) is 6.89. The van der Waals surface area contributed by atoms with Crippen molar-refractivity contribution in [1.29, 1.82) is 0 Å². The van der Waals surface area contributed by atoms with Crippen LogP contribution in [0.4, 0.5) is 11.4 Å². The summed E-state index contributed by atoms with van der Waals surface area (Å²) in [6.45, 7) is 1.91. The zero-order valence-electron chi connectivity index (χ0n) is 21.4. The summed E-state index contributed by atoms with van der Waals surface area (Å²) >= 11 is 0.868. The van der Waals surface area contributed by atoms with Crippen LogP contribution >= 0.6 is 15.9 Å². The SMILES string of the molecule is CC(=O)N(CCCCC(C(=O)O)N(c1ccc(-c2ccc(Br)cc2)cc1)S(=O)O)c1cccc2ccccc12. The van der Waals surface area contributed by atoms with Gasteiger partial charge in [-0.1, -0.05) is 76.6 Å². The summed E-state index contributed by atoms with van der Waals surface area (Å²) in [6, 6.07) is 27.1. The summed E-state index contributed by atoms with van der Waals surface area (Å²) in [5.74, 6) is -1.29. The van der Waals surface area contributed by atoms with Crippen LogP contribution < -0.4 is 9.21 Å². The number of nitrogens with zero attached hydrogens (tertiary/aromatic N) is 2. The number of carboxylic acid groups (broad SMARTS) is 1. The van der Waals surface area contributed by atoms with Crippen LogP contribution in [0.2, 0.25) is 0 Å². The van der Waals surface area contributed by atoms with Crippen molar-refractivity contribution in [1.82, 2.24) is 0 Å². The molecular weight excluding hydrogens is 580 g/mol. The van der Waals surface area contributed by atoms with Crippen LogP contribution in [0.15, 0.2) is 95.5 Å². The molecule has 0 radical (unpaired) electrons. The Morgan fingerprint density at radius 3 is 2.10 bits per heavy atom. The molecule has 0 bridgehead atoms. The van der Waals surface area contributed by atoms with Crippen LogP contribution in [0.1, 0.15) is 26.2 Å². The van der Waals surface area contributed by atoms with E-state index in [4.69, 9.17) is 0 Å². The molecule has 9 heteroatoms. The number of halogens is 1. The number of unbranched alkanes of at least 4 members (excludes halogenated alkanes) is 1. The molecule has 4 aromatic rings. The lowest BCUT2D eigenvalue weighted by Crippen LogP contribution is -2.42. The van der Waals surface area contributed by atoms with Crippen molar-refractivity contribution in [2.24, 2.45) is 0 Å². The van der Waals surface area contributed by atoms with Gasteiger partial charge in [0.05, 0.1) is 11.4 Å². The summed E-state index contributed by atoms with van der Waals surface area (Å²) in [5.41, 5.74) is 3.02. The fraction of sp³-hybridized carbons (Fsp3) is 0.200. The van der Waals surface area contributed by atoms with E-state index in [-0.39, 0.29) is 12.3 Å². The largest absolute Gasteiger partial charge is 0.480 e. The van der Waals surface area contributed by atoms with Crippen LogP contribution in [0, 0.1) is 0 Å². The van der Waals surface area contributed by atoms with Gasteiger partial charge in [-0.3, -0.25) is 13.7 Å². The number of hydrogen-bond acceptors (Lipinski definition) is 3. The molecule has 4 aromatic carbocycles. The van der Waals surface area contributed by atoms with E-state index >= 15 is 0 Å². The zero-order valence-corrected chi connectivity index (χ0v) is 23.8. The van der Waals surface area contributed by atoms with Crippen LogP contribution in [0.3, 0.4) is 0 Å². The molecule has 39 heavy (non-hydrogen) atoms. The predicted molar refractivity (Wildman–Crippen MR) is 160 cm³/mol. The molecular formula is C30H29BrN2O5S. The third kappa shape index (κ3) is 6.92. The summed E-state index contributed by atoms with van der Waals surface area (Å²) in [6.07, 6.45) is 1.11. The average molecular weight is 610 g/mol. The molecule has 7 nitrogen and oxygen atoms in total. The number of hydrogen-bond donors (Lipinski definition) is 2. The molecule has 2 unspecified atom stereocenters. The Morgan fingerprint density at radius 2 is 1.49 bits per heavy atom. The van der Waals surface area contributed by atoms with Crippen molar-refractivity contribution in [2.45, 2.75) is 32.2 Å². The minimum absolute atomic E-state index is 0.106. The van der Waals surface area contributed by atoms with Crippen molar-refractivity contribution in [2.75, 3.05) is 15.7 Å². The number of amides is 1. The third-order valence-electron chi connectivity index (χ3n) is 6.58. The van der Waals surface area contributed by atoms with E-state index in [0.717, 1.165) is 36.4 Å². The number of rotatable bonds is 11. The highest BCUT2D eigenvalue weighted by molar-refractivity contribution is 9.10. The second-order valence-electron chi connectivity index (χ2n) is 9.13. The van der Waals surface area contributed by atoms with Crippen molar-refractivity contribution in [3.05, 3.63) is 95.5 Å². The fourth-order valence-corrected chi connectivity index (χ4v) is 5.64. The number of fused-ring (bicyclic) bond motifs is 1. The maximum atomic E-state index is 12.5. The Balaban J connectivity index is 1.46. The molecule has 0 heterocycles. The van der Waals surface area contributed by atoms with Gasteiger partial charge >= 0.3 is 5.97 Å². The van der Waals surface area contributed by atoms with Gasteiger partial charge in [0.1, 0.15) is 6.04 Å². The Labute approximate surface area is 238 Å². The monoisotopic (exact) mass is 608 g/mol. The first-order valence-corrected chi connectivity index (χ1v) is 14.4. The van der Waals surface area contributed by atoms with Gasteiger partial charge in [-0.15, -0.1) is 0 Å². The van der Waals surface area contributed by atoms with E-state index in [1.165, 1.54) is 6.92 Å². The lowest BCUT2D eigenvalue weighted by atomic mass is 10.0. The van der Waals surface area contributed by atoms with E-state index in [1.807, 2.05) is 66.7 Å². The fourth-order valence-electron chi connectivity index (χ4n) is 4.66. The quantitative estimate of drug-likeness (QED) is 0.143. The van der Waals surface area contributed by atoms with Crippen LogP contribution in [-0.2, 0) is 20.9 Å². The number of aliphatic carboxylic acids is 1. The second kappa shape index (κ2) is 13.0. The molecule has 0 aromatic heterocycles. The van der Waals surface area contributed by atoms with Crippen molar-refractivity contribution < 1.29 is 23.5 Å². The van der Waals surface area contributed by atoms with Crippen LogP contribution in [-0.4, -0.2) is 38.3 Å². The summed E-state index contributed by atoms with van der Waals surface area (Å²) in [5, 5.41) is 11.9. The summed E-state index contributed by atoms with van der Waals surface area (Å²) in [7, 11) is 0. The maximum absolute atomic E-state index is 12.5. The molecule has 0 aliphatic carbocycles. The molecule has 2 N–H and O–H groups in total. The highest BCUT2D eigenvalue weighted by Crippen LogP contribution is 2.29. The zero-order chi connectivity index (χ0) is 27.9. The summed E-state index contributed by atoms with van der Waals surface area (Å²) in [4.78, 5) is 26.4. The lowest BCUT2D eigenvalue weighted by Gasteiger charge is -2.27. The first-order chi connectivity index (χ1) is 18.8. The molecule has 0 saturated heterocycles. The first kappa shape index (κ1) is 28.5. The van der Waals surface area contributed by atoms with Crippen molar-refractivity contribution in [3.63, 3.8) is 0 Å². The summed E-state index contributed by atoms with van der Waals surface area (Å²) < 4.78 is 24.3. The molecule has 0 aliphatic rings. The van der Waals surface area contributed by atoms with Gasteiger partial charge in [-0.25, -0.2) is 9.00 Å². The number of carbonyl (C=O) groups is 2. The van der Waals surface area contributed by atoms with E-state index in [2.05, 4.69) is 15.9 Å². The van der Waals surface area contributed by atoms with Gasteiger partial charge in [-0.2, -0.15) is 0 Å². The smallest absolute Gasteiger partial charge is 0.327 e. The van der Waals surface area contributed by atoms with Crippen LogP contribution in [0.25, 0.3) is 21.9 Å². The number of carbonyl (C=O) groups excluding carboxylic acids is 1. The minimum atomic E-state index is -2.54. The van der Waals surface area contributed by atoms with E-state index < -0.39 is 23.3 Å². The molecule has 0 fully saturated rings. The highest BCUT2D eigenvalue weighted by atomic mass is 79.9. The van der Waals surface area contributed by atoms with Gasteiger partial charge in [-0.05, 0) is 66.1 Å². The standard InChI is InChI=1S/C30H29BrN2O5S/c1-21(34)32(28-11-6-8-24-7-2-3-9-27(24)28)20-5-4-10-29(30(35)36)33(39(37)38)26-18-14-23(15-19-26)22-12-16-25(31)17-13-22/h2-3,6-9,11-19,29H,4-5,10,20H2,1H3,(H,35,36)(H,37,38). The molecule has 4 rings (SSSR count). The third-order valence-corrected chi connectivity index (χ3v) is 7.91. The van der Waals surface area contributed by atoms with E-state index in [1.54, 1.807) is 29.2 Å². The lowest BCUT2D eigenvalue weighted by molar-refractivity contribution is -0.138. The average Bonchev–Trinajstić information content (AvgIpc) is 2.92. The molecule has 202 valence electrons. The van der Waals surface area contributed by atoms with Gasteiger partial charge in [0.2, 0.25) is 5.91 Å². The van der Waals surface area contributed by atoms with Crippen LogP contribution in [0.5, 0.6) is 0 Å². The van der Waals surface area contributed by atoms with Gasteiger partial charge in [0, 0.05) is 23.3 Å². The Morgan fingerprint density at radius 1 is 0.872 bits per heavy atom. The minimum Gasteiger partial charge on any atom is -0.480 e. The van der Waals surface area contributed by atoms with E-state index in [0.29, 0.717) is 25.1 Å². The highest BCUT2D eigenvalue weighted by Gasteiger charge is 2.30. The molecule has 1 amide bonds. The van der Waals surface area contributed by atoms with Gasteiger partial charge in [0.25, 0.3) is 11.3 Å². The maximum Gasteiger partial charge on any atom is 0.327 e. The second-order valence-corrected chi connectivity index (χ2v) is 10.9. The number of anilines is 2. The molecule has 0 aliphatic heterocycles. The topological polar surface area (TPSA) is 98.2 Å². The Kier molecular flexibility index (Phi) is 9.50. The van der Waals surface area contributed by atoms with Crippen molar-refractivity contribution in [3.8, 4) is 11.1 Å². The molecule has 0 spiro atoms. The number of carboxylic acids is 1. The van der Waals surface area contributed by atoms with Gasteiger partial charge in [0.15, 0.2) is 0 Å². The number of benzene rings is 4.